The molecule has 0 saturated carbocycles. The van der Waals surface area contributed by atoms with E-state index in [1.165, 1.54) is 0 Å². The second kappa shape index (κ2) is 6.39. The van der Waals surface area contributed by atoms with E-state index in [-0.39, 0.29) is 11.9 Å². The number of carbonyl (C=O) groups is 1. The highest BCUT2D eigenvalue weighted by atomic mass is 16.2. The van der Waals surface area contributed by atoms with Gasteiger partial charge in [-0.3, -0.25) is 4.79 Å². The lowest BCUT2D eigenvalue weighted by molar-refractivity contribution is 0.0730. The molecule has 0 aliphatic carbocycles. The monoisotopic (exact) mass is 357 g/mol. The lowest BCUT2D eigenvalue weighted by Gasteiger charge is -2.23. The number of amides is 1. The molecule has 27 heavy (non-hydrogen) atoms. The van der Waals surface area contributed by atoms with Crippen LogP contribution >= 0.6 is 0 Å². The zero-order chi connectivity index (χ0) is 18.2. The molecule has 0 radical (unpaired) electrons. The number of para-hydroxylation sites is 2. The van der Waals surface area contributed by atoms with Crippen molar-refractivity contribution in [3.8, 4) is 5.69 Å². The van der Waals surface area contributed by atoms with Gasteiger partial charge >= 0.3 is 0 Å². The predicted molar refractivity (Wildman–Crippen MR) is 103 cm³/mol. The Labute approximate surface area is 156 Å². The molecule has 1 aliphatic heterocycles. The fourth-order valence-electron chi connectivity index (χ4n) is 3.77. The molecule has 0 bridgehead atoms. The molecule has 3 heterocycles. The number of aromatic amines is 1. The van der Waals surface area contributed by atoms with Crippen LogP contribution in [0.25, 0.3) is 16.7 Å². The molecule has 1 unspecified atom stereocenters. The number of nitrogens with zero attached hydrogens (tertiary/aromatic N) is 4. The van der Waals surface area contributed by atoms with Gasteiger partial charge in [0.1, 0.15) is 5.82 Å². The third kappa shape index (κ3) is 2.79. The maximum atomic E-state index is 13.1. The zero-order valence-electron chi connectivity index (χ0n) is 14.7. The number of carbonyl (C=O) groups excluding carboxylic acids is 1. The summed E-state index contributed by atoms with van der Waals surface area (Å²) in [7, 11) is 0. The van der Waals surface area contributed by atoms with E-state index in [9.17, 15) is 4.79 Å². The van der Waals surface area contributed by atoms with E-state index < -0.39 is 0 Å². The highest BCUT2D eigenvalue weighted by Gasteiger charge is 2.32. The van der Waals surface area contributed by atoms with Gasteiger partial charge < -0.3 is 9.88 Å². The van der Waals surface area contributed by atoms with Gasteiger partial charge in [-0.25, -0.2) is 9.67 Å². The molecule has 0 spiro atoms. The Kier molecular flexibility index (Phi) is 3.74. The number of imidazole rings is 1. The molecule has 1 saturated heterocycles. The summed E-state index contributed by atoms with van der Waals surface area (Å²) in [6.07, 6.45) is 5.53. The number of nitrogens with one attached hydrogen (secondary N) is 1. The van der Waals surface area contributed by atoms with Crippen molar-refractivity contribution in [3.63, 3.8) is 0 Å². The van der Waals surface area contributed by atoms with Gasteiger partial charge in [0.25, 0.3) is 5.91 Å². The number of benzene rings is 2. The number of hydrogen-bond acceptors (Lipinski definition) is 3. The number of rotatable bonds is 3. The van der Waals surface area contributed by atoms with Crippen molar-refractivity contribution in [3.05, 3.63) is 78.4 Å². The van der Waals surface area contributed by atoms with Crippen LogP contribution in [0, 0.1) is 0 Å². The number of likely N-dealkylation sites (tertiary alicyclic amines) is 1. The van der Waals surface area contributed by atoms with E-state index in [4.69, 9.17) is 4.98 Å². The molecular weight excluding hydrogens is 338 g/mol. The van der Waals surface area contributed by atoms with Crippen molar-refractivity contribution >= 4 is 16.9 Å². The lowest BCUT2D eigenvalue weighted by atomic mass is 10.1. The molecule has 134 valence electrons. The SMILES string of the molecule is O=C(c1ccc(-n2cccn2)cc1)N1CCCC1c1nc2ccccc2[nH]1. The van der Waals surface area contributed by atoms with Crippen LogP contribution in [-0.2, 0) is 0 Å². The first-order valence-corrected chi connectivity index (χ1v) is 9.15. The Morgan fingerprint density at radius 2 is 1.93 bits per heavy atom. The molecule has 1 N–H and O–H groups in total. The van der Waals surface area contributed by atoms with E-state index in [1.54, 1.807) is 10.9 Å². The van der Waals surface area contributed by atoms with E-state index >= 15 is 0 Å². The molecule has 1 aliphatic rings. The Morgan fingerprint density at radius 1 is 1.07 bits per heavy atom. The summed E-state index contributed by atoms with van der Waals surface area (Å²) in [6.45, 7) is 0.751. The van der Waals surface area contributed by atoms with Crippen molar-refractivity contribution in [1.29, 1.82) is 0 Å². The van der Waals surface area contributed by atoms with Gasteiger partial charge in [-0.05, 0) is 55.3 Å². The molecular formula is C21H19N5O. The van der Waals surface area contributed by atoms with Gasteiger partial charge in [0.05, 0.1) is 22.8 Å². The number of H-pyrrole nitrogens is 1. The van der Waals surface area contributed by atoms with Crippen molar-refractivity contribution < 1.29 is 4.79 Å². The van der Waals surface area contributed by atoms with Crippen molar-refractivity contribution in [1.82, 2.24) is 24.6 Å². The predicted octanol–water partition coefficient (Wildman–Crippen LogP) is 3.73. The first-order chi connectivity index (χ1) is 13.3. The van der Waals surface area contributed by atoms with Crippen LogP contribution in [0.15, 0.2) is 67.0 Å². The van der Waals surface area contributed by atoms with Gasteiger partial charge in [-0.1, -0.05) is 12.1 Å². The smallest absolute Gasteiger partial charge is 0.254 e. The maximum absolute atomic E-state index is 13.1. The van der Waals surface area contributed by atoms with Crippen molar-refractivity contribution in [2.45, 2.75) is 18.9 Å². The third-order valence-electron chi connectivity index (χ3n) is 5.12. The number of hydrogen-bond donors (Lipinski definition) is 1. The Hall–Kier alpha value is -3.41. The van der Waals surface area contributed by atoms with Crippen molar-refractivity contribution in [2.75, 3.05) is 6.54 Å². The van der Waals surface area contributed by atoms with Gasteiger partial charge in [0, 0.05) is 24.5 Å². The first-order valence-electron chi connectivity index (χ1n) is 9.15. The van der Waals surface area contributed by atoms with Crippen LogP contribution in [0.1, 0.15) is 35.1 Å². The molecule has 1 atom stereocenters. The number of aromatic nitrogens is 4. The molecule has 2 aromatic heterocycles. The normalized spacial score (nSPS) is 16.9. The largest absolute Gasteiger partial charge is 0.340 e. The summed E-state index contributed by atoms with van der Waals surface area (Å²) in [6, 6.07) is 17.4. The maximum Gasteiger partial charge on any atom is 0.254 e. The summed E-state index contributed by atoms with van der Waals surface area (Å²) in [5, 5.41) is 4.22. The molecule has 6 nitrogen and oxygen atoms in total. The van der Waals surface area contributed by atoms with Crippen LogP contribution in [0.5, 0.6) is 0 Å². The van der Waals surface area contributed by atoms with Crippen molar-refractivity contribution in [2.24, 2.45) is 0 Å². The topological polar surface area (TPSA) is 66.8 Å². The van der Waals surface area contributed by atoms with Crippen LogP contribution in [0.4, 0.5) is 0 Å². The molecule has 1 amide bonds. The molecule has 4 aromatic rings. The minimum atomic E-state index is -0.00399. The first kappa shape index (κ1) is 15.8. The summed E-state index contributed by atoms with van der Waals surface area (Å²) >= 11 is 0. The van der Waals surface area contributed by atoms with E-state index in [0.717, 1.165) is 41.9 Å². The minimum Gasteiger partial charge on any atom is -0.340 e. The molecule has 2 aromatic carbocycles. The fraction of sp³-hybridized carbons (Fsp3) is 0.190. The van der Waals surface area contributed by atoms with E-state index in [0.29, 0.717) is 5.56 Å². The van der Waals surface area contributed by atoms with Gasteiger partial charge in [-0.2, -0.15) is 5.10 Å². The van der Waals surface area contributed by atoms with Gasteiger partial charge in [0.15, 0.2) is 0 Å². The quantitative estimate of drug-likeness (QED) is 0.607. The third-order valence-corrected chi connectivity index (χ3v) is 5.12. The highest BCUT2D eigenvalue weighted by molar-refractivity contribution is 5.95. The average molecular weight is 357 g/mol. The van der Waals surface area contributed by atoms with Crippen LogP contribution < -0.4 is 0 Å². The molecule has 6 heteroatoms. The molecule has 1 fully saturated rings. The Morgan fingerprint density at radius 3 is 2.70 bits per heavy atom. The van der Waals surface area contributed by atoms with E-state index in [1.807, 2.05) is 65.7 Å². The Balaban J connectivity index is 1.41. The van der Waals surface area contributed by atoms with Crippen LogP contribution in [-0.4, -0.2) is 37.1 Å². The summed E-state index contributed by atoms with van der Waals surface area (Å²) < 4.78 is 1.78. The lowest BCUT2D eigenvalue weighted by Crippen LogP contribution is -2.31. The standard InChI is InChI=1S/C21H19N5O/c27-21(15-8-10-16(11-9-15)26-14-4-12-22-26)25-13-3-7-19(25)20-23-17-5-1-2-6-18(17)24-20/h1-2,4-6,8-12,14,19H,3,7,13H2,(H,23,24). The van der Waals surface area contributed by atoms with Crippen LogP contribution in [0.3, 0.4) is 0 Å². The summed E-state index contributed by atoms with van der Waals surface area (Å²) in [5.74, 6) is 0.917. The van der Waals surface area contributed by atoms with Gasteiger partial charge in [-0.15, -0.1) is 0 Å². The molecule has 5 rings (SSSR count). The fourth-order valence-corrected chi connectivity index (χ4v) is 3.77. The minimum absolute atomic E-state index is 0.00399. The summed E-state index contributed by atoms with van der Waals surface area (Å²) in [5.41, 5.74) is 3.58. The zero-order valence-corrected chi connectivity index (χ0v) is 14.7. The van der Waals surface area contributed by atoms with Gasteiger partial charge in [0.2, 0.25) is 0 Å². The second-order valence-corrected chi connectivity index (χ2v) is 6.79. The Bertz CT molecular complexity index is 1050. The average Bonchev–Trinajstić information content (AvgIpc) is 3.47. The highest BCUT2D eigenvalue weighted by Crippen LogP contribution is 2.32. The second-order valence-electron chi connectivity index (χ2n) is 6.79. The van der Waals surface area contributed by atoms with E-state index in [2.05, 4.69) is 10.1 Å². The number of fused-ring (bicyclic) bond motifs is 1. The van der Waals surface area contributed by atoms with Crippen LogP contribution in [0.2, 0.25) is 0 Å². The summed E-state index contributed by atoms with van der Waals surface area (Å²) in [4.78, 5) is 23.1.